The molecule has 108 valence electrons. The maximum Gasteiger partial charge on any atom is 0.338 e. The number of hydrogen-bond donors (Lipinski definition) is 0. The number of benzene rings is 1. The second kappa shape index (κ2) is 6.02. The van der Waals surface area contributed by atoms with Crippen molar-refractivity contribution in [3.05, 3.63) is 35.4 Å². The van der Waals surface area contributed by atoms with Crippen LogP contribution < -0.4 is 0 Å². The molecule has 0 spiro atoms. The van der Waals surface area contributed by atoms with Gasteiger partial charge < -0.3 is 4.74 Å². The number of carbonyl (C=O) groups is 1. The summed E-state index contributed by atoms with van der Waals surface area (Å²) in [7, 11) is 1.47. The van der Waals surface area contributed by atoms with Gasteiger partial charge in [0, 0.05) is 11.5 Å². The zero-order valence-corrected chi connectivity index (χ0v) is 13.4. The Morgan fingerprint density at radius 2 is 1.85 bits per heavy atom. The first-order valence-corrected chi connectivity index (χ1v) is 9.21. The standard InChI is InChI=1S/C16H20O2S2/c1-18-15(17)13-8-4-5-9-14(13)16(19-10-11-20-16)12-6-2-3-7-12/h4-5,8-9,12H,2-3,6-7,10-11H2,1H3. The second-order valence-electron chi connectivity index (χ2n) is 5.38. The highest BCUT2D eigenvalue weighted by Gasteiger charge is 2.47. The van der Waals surface area contributed by atoms with Gasteiger partial charge in [-0.05, 0) is 30.4 Å². The van der Waals surface area contributed by atoms with E-state index >= 15 is 0 Å². The molecule has 1 aromatic carbocycles. The predicted octanol–water partition coefficient (Wildman–Crippen LogP) is 4.30. The zero-order valence-electron chi connectivity index (χ0n) is 11.8. The number of methoxy groups -OCH3 is 1. The molecule has 2 fully saturated rings. The Morgan fingerprint density at radius 3 is 2.50 bits per heavy atom. The quantitative estimate of drug-likeness (QED) is 0.778. The molecule has 2 aliphatic rings. The molecule has 1 saturated heterocycles. The molecular formula is C16H20O2S2. The van der Waals surface area contributed by atoms with Crippen molar-refractivity contribution in [2.75, 3.05) is 18.6 Å². The van der Waals surface area contributed by atoms with E-state index in [1.54, 1.807) is 0 Å². The first kappa shape index (κ1) is 14.3. The Labute approximate surface area is 129 Å². The lowest BCUT2D eigenvalue weighted by Gasteiger charge is -2.35. The fourth-order valence-corrected chi connectivity index (χ4v) is 7.14. The van der Waals surface area contributed by atoms with Crippen molar-refractivity contribution in [3.8, 4) is 0 Å². The number of esters is 1. The molecule has 1 aromatic rings. The van der Waals surface area contributed by atoms with Crippen molar-refractivity contribution in [1.82, 2.24) is 0 Å². The first-order valence-electron chi connectivity index (χ1n) is 7.23. The maximum atomic E-state index is 12.1. The molecule has 20 heavy (non-hydrogen) atoms. The monoisotopic (exact) mass is 308 g/mol. The number of carbonyl (C=O) groups excluding carboxylic acids is 1. The van der Waals surface area contributed by atoms with Crippen LogP contribution in [0.2, 0.25) is 0 Å². The molecule has 2 nitrogen and oxygen atoms in total. The van der Waals surface area contributed by atoms with Gasteiger partial charge in [-0.2, -0.15) is 0 Å². The van der Waals surface area contributed by atoms with E-state index in [2.05, 4.69) is 12.1 Å². The van der Waals surface area contributed by atoms with Crippen molar-refractivity contribution in [1.29, 1.82) is 0 Å². The second-order valence-corrected chi connectivity index (χ2v) is 8.32. The van der Waals surface area contributed by atoms with E-state index in [0.717, 1.165) is 5.56 Å². The third kappa shape index (κ3) is 2.37. The third-order valence-corrected chi connectivity index (χ3v) is 8.06. The molecule has 1 saturated carbocycles. The van der Waals surface area contributed by atoms with Crippen LogP contribution in [0.4, 0.5) is 0 Å². The number of ether oxygens (including phenoxy) is 1. The molecule has 0 bridgehead atoms. The molecular weight excluding hydrogens is 288 g/mol. The van der Waals surface area contributed by atoms with Gasteiger partial charge in [-0.1, -0.05) is 31.0 Å². The van der Waals surface area contributed by atoms with Crippen molar-refractivity contribution in [2.45, 2.75) is 29.8 Å². The lowest BCUT2D eigenvalue weighted by atomic mass is 9.93. The molecule has 4 heteroatoms. The van der Waals surface area contributed by atoms with E-state index < -0.39 is 0 Å². The Bertz CT molecular complexity index is 489. The van der Waals surface area contributed by atoms with E-state index in [-0.39, 0.29) is 10.0 Å². The van der Waals surface area contributed by atoms with E-state index in [0.29, 0.717) is 5.92 Å². The molecule has 1 aliphatic carbocycles. The summed E-state index contributed by atoms with van der Waals surface area (Å²) in [5, 5.41) is 0. The van der Waals surface area contributed by atoms with Crippen LogP contribution in [0.3, 0.4) is 0 Å². The molecule has 0 atom stereocenters. The predicted molar refractivity (Wildman–Crippen MR) is 86.3 cm³/mol. The van der Waals surface area contributed by atoms with E-state index in [9.17, 15) is 4.79 Å². The summed E-state index contributed by atoms with van der Waals surface area (Å²) >= 11 is 4.07. The Balaban J connectivity index is 2.06. The minimum Gasteiger partial charge on any atom is -0.465 e. The van der Waals surface area contributed by atoms with Gasteiger partial charge in [-0.3, -0.25) is 0 Å². The van der Waals surface area contributed by atoms with Gasteiger partial charge in [-0.25, -0.2) is 4.79 Å². The summed E-state index contributed by atoms with van der Waals surface area (Å²) in [4.78, 5) is 12.1. The van der Waals surface area contributed by atoms with Crippen LogP contribution in [0, 0.1) is 5.92 Å². The summed E-state index contributed by atoms with van der Waals surface area (Å²) in [6, 6.07) is 8.04. The summed E-state index contributed by atoms with van der Waals surface area (Å²) in [5.41, 5.74) is 1.94. The molecule has 0 radical (unpaired) electrons. The van der Waals surface area contributed by atoms with Gasteiger partial charge >= 0.3 is 5.97 Å². The molecule has 1 heterocycles. The lowest BCUT2D eigenvalue weighted by Crippen LogP contribution is -2.27. The van der Waals surface area contributed by atoms with Crippen molar-refractivity contribution < 1.29 is 9.53 Å². The Hall–Kier alpha value is -0.610. The van der Waals surface area contributed by atoms with Gasteiger partial charge in [0.2, 0.25) is 0 Å². The van der Waals surface area contributed by atoms with Gasteiger partial charge in [0.25, 0.3) is 0 Å². The first-order chi connectivity index (χ1) is 9.78. The average molecular weight is 308 g/mol. The van der Waals surface area contributed by atoms with E-state index in [1.165, 1.54) is 49.9 Å². The van der Waals surface area contributed by atoms with Gasteiger partial charge in [0.05, 0.1) is 16.8 Å². The Kier molecular flexibility index (Phi) is 4.32. The minimum atomic E-state index is -0.203. The summed E-state index contributed by atoms with van der Waals surface area (Å²) < 4.78 is 5.06. The highest BCUT2D eigenvalue weighted by Crippen LogP contribution is 2.61. The number of thioether (sulfide) groups is 2. The topological polar surface area (TPSA) is 26.3 Å². The SMILES string of the molecule is COC(=O)c1ccccc1C1(C2CCCC2)SCCS1. The molecule has 3 rings (SSSR count). The fourth-order valence-electron chi connectivity index (χ4n) is 3.42. The molecule has 1 aliphatic heterocycles. The van der Waals surface area contributed by atoms with E-state index in [1.807, 2.05) is 35.7 Å². The summed E-state index contributed by atoms with van der Waals surface area (Å²) in [6.07, 6.45) is 5.23. The molecule has 0 N–H and O–H groups in total. The van der Waals surface area contributed by atoms with E-state index in [4.69, 9.17) is 4.74 Å². The van der Waals surface area contributed by atoms with Crippen LogP contribution in [0.15, 0.2) is 24.3 Å². The highest BCUT2D eigenvalue weighted by molar-refractivity contribution is 8.20. The summed E-state index contributed by atoms with van der Waals surface area (Å²) in [5.74, 6) is 2.84. The van der Waals surface area contributed by atoms with Crippen LogP contribution in [-0.4, -0.2) is 24.6 Å². The maximum absolute atomic E-state index is 12.1. The van der Waals surface area contributed by atoms with Gasteiger partial charge in [0.15, 0.2) is 0 Å². The zero-order chi connectivity index (χ0) is 14.0. The van der Waals surface area contributed by atoms with Crippen molar-refractivity contribution in [2.24, 2.45) is 5.92 Å². The number of rotatable bonds is 3. The van der Waals surface area contributed by atoms with Gasteiger partial charge in [0.1, 0.15) is 0 Å². The van der Waals surface area contributed by atoms with Crippen LogP contribution in [0.1, 0.15) is 41.6 Å². The Morgan fingerprint density at radius 1 is 1.20 bits per heavy atom. The van der Waals surface area contributed by atoms with Crippen molar-refractivity contribution >= 4 is 29.5 Å². The fraction of sp³-hybridized carbons (Fsp3) is 0.562. The van der Waals surface area contributed by atoms with Crippen LogP contribution in [0.25, 0.3) is 0 Å². The minimum absolute atomic E-state index is 0.0707. The molecule has 0 amide bonds. The molecule has 0 unspecified atom stereocenters. The van der Waals surface area contributed by atoms with Crippen LogP contribution in [0.5, 0.6) is 0 Å². The van der Waals surface area contributed by atoms with Crippen LogP contribution in [-0.2, 0) is 8.82 Å². The van der Waals surface area contributed by atoms with Crippen LogP contribution >= 0.6 is 23.5 Å². The average Bonchev–Trinajstić information content (AvgIpc) is 3.17. The van der Waals surface area contributed by atoms with Crippen molar-refractivity contribution in [3.63, 3.8) is 0 Å². The lowest BCUT2D eigenvalue weighted by molar-refractivity contribution is 0.0599. The normalized spacial score (nSPS) is 22.1. The van der Waals surface area contributed by atoms with Gasteiger partial charge in [-0.15, -0.1) is 23.5 Å². The summed E-state index contributed by atoms with van der Waals surface area (Å²) in [6.45, 7) is 0. The molecule has 0 aromatic heterocycles. The smallest absolute Gasteiger partial charge is 0.338 e. The number of hydrogen-bond acceptors (Lipinski definition) is 4. The largest absolute Gasteiger partial charge is 0.465 e. The highest BCUT2D eigenvalue weighted by atomic mass is 32.2. The third-order valence-electron chi connectivity index (χ3n) is 4.32.